The van der Waals surface area contributed by atoms with Crippen LogP contribution < -0.4 is 10.6 Å². The van der Waals surface area contributed by atoms with Crippen molar-refractivity contribution in [1.82, 2.24) is 10.6 Å². The first-order chi connectivity index (χ1) is 8.68. The van der Waals surface area contributed by atoms with Gasteiger partial charge < -0.3 is 15.4 Å². The fraction of sp³-hybridized carbons (Fsp3) is 0.462. The second kappa shape index (κ2) is 6.18. The zero-order valence-corrected chi connectivity index (χ0v) is 11.1. The van der Waals surface area contributed by atoms with E-state index in [-0.39, 0.29) is 12.0 Å². The molecular formula is C13H17ClN2O2. The van der Waals surface area contributed by atoms with Crippen LogP contribution in [0.15, 0.2) is 18.2 Å². The summed E-state index contributed by atoms with van der Waals surface area (Å²) in [6, 6.07) is 5.44. The topological polar surface area (TPSA) is 50.4 Å². The Morgan fingerprint density at radius 2 is 2.44 bits per heavy atom. The summed E-state index contributed by atoms with van der Waals surface area (Å²) in [7, 11) is 0. The third-order valence-electron chi connectivity index (χ3n) is 2.93. The Labute approximate surface area is 112 Å². The lowest BCUT2D eigenvalue weighted by atomic mass is 10.1. The molecule has 1 aliphatic rings. The Kier molecular flexibility index (Phi) is 4.58. The van der Waals surface area contributed by atoms with Gasteiger partial charge in [-0.3, -0.25) is 4.79 Å². The molecule has 4 nitrogen and oxygen atoms in total. The van der Waals surface area contributed by atoms with Gasteiger partial charge in [-0.1, -0.05) is 23.7 Å². The summed E-state index contributed by atoms with van der Waals surface area (Å²) < 4.78 is 5.51. The first-order valence-electron chi connectivity index (χ1n) is 6.04. The molecule has 2 N–H and O–H groups in total. The largest absolute Gasteiger partial charge is 0.374 e. The molecule has 0 bridgehead atoms. The number of halogens is 1. The van der Waals surface area contributed by atoms with Gasteiger partial charge in [-0.05, 0) is 18.6 Å². The van der Waals surface area contributed by atoms with Crippen LogP contribution in [-0.2, 0) is 4.74 Å². The van der Waals surface area contributed by atoms with Crippen molar-refractivity contribution < 1.29 is 9.53 Å². The van der Waals surface area contributed by atoms with E-state index in [1.54, 1.807) is 6.07 Å². The SMILES string of the molecule is Cc1cccc(C(=O)NCC2CNCCO2)c1Cl. The Morgan fingerprint density at radius 3 is 3.17 bits per heavy atom. The fourth-order valence-electron chi connectivity index (χ4n) is 1.88. The van der Waals surface area contributed by atoms with Crippen LogP contribution in [0.4, 0.5) is 0 Å². The predicted octanol–water partition coefficient (Wildman–Crippen LogP) is 1.37. The number of benzene rings is 1. The maximum Gasteiger partial charge on any atom is 0.252 e. The second-order valence-corrected chi connectivity index (χ2v) is 4.72. The minimum Gasteiger partial charge on any atom is -0.374 e. The van der Waals surface area contributed by atoms with Crippen molar-refractivity contribution in [3.63, 3.8) is 0 Å². The van der Waals surface area contributed by atoms with E-state index in [0.717, 1.165) is 18.7 Å². The molecule has 18 heavy (non-hydrogen) atoms. The van der Waals surface area contributed by atoms with Gasteiger partial charge in [0.25, 0.3) is 5.91 Å². The number of hydrogen-bond acceptors (Lipinski definition) is 3. The van der Waals surface area contributed by atoms with E-state index in [2.05, 4.69) is 10.6 Å². The number of ether oxygens (including phenoxy) is 1. The van der Waals surface area contributed by atoms with Crippen molar-refractivity contribution in [2.24, 2.45) is 0 Å². The highest BCUT2D eigenvalue weighted by atomic mass is 35.5. The summed E-state index contributed by atoms with van der Waals surface area (Å²) in [6.45, 7) is 4.70. The summed E-state index contributed by atoms with van der Waals surface area (Å²) >= 11 is 6.11. The average molecular weight is 269 g/mol. The zero-order valence-electron chi connectivity index (χ0n) is 10.3. The van der Waals surface area contributed by atoms with Gasteiger partial charge in [0.05, 0.1) is 23.3 Å². The van der Waals surface area contributed by atoms with Crippen LogP contribution in [0, 0.1) is 6.92 Å². The van der Waals surface area contributed by atoms with Crippen molar-refractivity contribution in [3.05, 3.63) is 34.3 Å². The molecule has 98 valence electrons. The Bertz CT molecular complexity index is 431. The van der Waals surface area contributed by atoms with Crippen molar-refractivity contribution >= 4 is 17.5 Å². The number of carbonyl (C=O) groups excluding carboxylic acids is 1. The smallest absolute Gasteiger partial charge is 0.252 e. The van der Waals surface area contributed by atoms with Crippen LogP contribution in [0.25, 0.3) is 0 Å². The summed E-state index contributed by atoms with van der Waals surface area (Å²) in [4.78, 5) is 12.0. The lowest BCUT2D eigenvalue weighted by Gasteiger charge is -2.23. The summed E-state index contributed by atoms with van der Waals surface area (Å²) in [5.41, 5.74) is 1.42. The summed E-state index contributed by atoms with van der Waals surface area (Å²) in [6.07, 6.45) is 0.0336. The van der Waals surface area contributed by atoms with E-state index in [9.17, 15) is 4.79 Å². The van der Waals surface area contributed by atoms with Crippen LogP contribution in [0.5, 0.6) is 0 Å². The van der Waals surface area contributed by atoms with Crippen molar-refractivity contribution in [1.29, 1.82) is 0 Å². The van der Waals surface area contributed by atoms with Gasteiger partial charge in [-0.15, -0.1) is 0 Å². The molecule has 1 heterocycles. The molecule has 1 amide bonds. The van der Waals surface area contributed by atoms with Crippen molar-refractivity contribution in [2.75, 3.05) is 26.2 Å². The third-order valence-corrected chi connectivity index (χ3v) is 3.43. The molecule has 0 radical (unpaired) electrons. The van der Waals surface area contributed by atoms with Gasteiger partial charge in [0.1, 0.15) is 0 Å². The molecule has 1 aromatic rings. The number of carbonyl (C=O) groups is 1. The van der Waals surface area contributed by atoms with Crippen LogP contribution in [0.2, 0.25) is 5.02 Å². The van der Waals surface area contributed by atoms with E-state index >= 15 is 0 Å². The molecule has 0 aliphatic carbocycles. The normalized spacial score (nSPS) is 19.6. The van der Waals surface area contributed by atoms with Crippen LogP contribution in [0.1, 0.15) is 15.9 Å². The Balaban J connectivity index is 1.93. The molecule has 1 atom stereocenters. The molecule has 1 saturated heterocycles. The summed E-state index contributed by atoms with van der Waals surface area (Å²) in [5.74, 6) is -0.155. The quantitative estimate of drug-likeness (QED) is 0.871. The molecule has 0 saturated carbocycles. The van der Waals surface area contributed by atoms with Crippen molar-refractivity contribution in [2.45, 2.75) is 13.0 Å². The van der Waals surface area contributed by atoms with Gasteiger partial charge in [0, 0.05) is 19.6 Å². The third kappa shape index (κ3) is 3.22. The highest BCUT2D eigenvalue weighted by Gasteiger charge is 2.16. The molecule has 1 fully saturated rings. The van der Waals surface area contributed by atoms with Gasteiger partial charge >= 0.3 is 0 Å². The van der Waals surface area contributed by atoms with Gasteiger partial charge in [-0.2, -0.15) is 0 Å². The maximum atomic E-state index is 12.0. The lowest BCUT2D eigenvalue weighted by molar-refractivity contribution is 0.0287. The molecular weight excluding hydrogens is 252 g/mol. The number of amides is 1. The molecule has 1 unspecified atom stereocenters. The predicted molar refractivity (Wildman–Crippen MR) is 71.1 cm³/mol. The molecule has 2 rings (SSSR count). The van der Waals surface area contributed by atoms with Crippen molar-refractivity contribution in [3.8, 4) is 0 Å². The van der Waals surface area contributed by atoms with Gasteiger partial charge in [0.15, 0.2) is 0 Å². The Morgan fingerprint density at radius 1 is 1.61 bits per heavy atom. The highest BCUT2D eigenvalue weighted by Crippen LogP contribution is 2.19. The number of rotatable bonds is 3. The summed E-state index contributed by atoms with van der Waals surface area (Å²) in [5, 5.41) is 6.58. The van der Waals surface area contributed by atoms with E-state index in [1.807, 2.05) is 19.1 Å². The number of aryl methyl sites for hydroxylation is 1. The average Bonchev–Trinajstić information content (AvgIpc) is 2.40. The fourth-order valence-corrected chi connectivity index (χ4v) is 2.09. The lowest BCUT2D eigenvalue weighted by Crippen LogP contribution is -2.45. The van der Waals surface area contributed by atoms with Crippen LogP contribution in [0.3, 0.4) is 0 Å². The molecule has 5 heteroatoms. The van der Waals surface area contributed by atoms with Crippen LogP contribution >= 0.6 is 11.6 Å². The van der Waals surface area contributed by atoms with Crippen LogP contribution in [-0.4, -0.2) is 38.3 Å². The van der Waals surface area contributed by atoms with E-state index < -0.39 is 0 Å². The number of nitrogens with one attached hydrogen (secondary N) is 2. The molecule has 0 aromatic heterocycles. The Hall–Kier alpha value is -1.10. The van der Waals surface area contributed by atoms with E-state index in [4.69, 9.17) is 16.3 Å². The molecule has 0 spiro atoms. The maximum absolute atomic E-state index is 12.0. The highest BCUT2D eigenvalue weighted by molar-refractivity contribution is 6.34. The van der Waals surface area contributed by atoms with Gasteiger partial charge in [-0.25, -0.2) is 0 Å². The minimum atomic E-state index is -0.155. The number of hydrogen-bond donors (Lipinski definition) is 2. The molecule has 1 aliphatic heterocycles. The minimum absolute atomic E-state index is 0.0336. The standard InChI is InChI=1S/C13H17ClN2O2/c1-9-3-2-4-11(12(9)14)13(17)16-8-10-7-15-5-6-18-10/h2-4,10,15H,5-8H2,1H3,(H,16,17). The second-order valence-electron chi connectivity index (χ2n) is 4.34. The van der Waals surface area contributed by atoms with E-state index in [0.29, 0.717) is 23.7 Å². The van der Waals surface area contributed by atoms with Gasteiger partial charge in [0.2, 0.25) is 0 Å². The van der Waals surface area contributed by atoms with E-state index in [1.165, 1.54) is 0 Å². The number of morpholine rings is 1. The first-order valence-corrected chi connectivity index (χ1v) is 6.42. The zero-order chi connectivity index (χ0) is 13.0. The molecule has 1 aromatic carbocycles. The monoisotopic (exact) mass is 268 g/mol. The first kappa shape index (κ1) is 13.3.